The van der Waals surface area contributed by atoms with Crippen molar-refractivity contribution in [3.05, 3.63) is 0 Å². The molecule has 0 fully saturated rings. The lowest BCUT2D eigenvalue weighted by Crippen LogP contribution is -2.36. The number of halogens is 2. The van der Waals surface area contributed by atoms with Crippen LogP contribution in [0.4, 0.5) is 9.18 Å². The Balaban J connectivity index is 4.14. The summed E-state index contributed by atoms with van der Waals surface area (Å²) >= 11 is 5.40. The van der Waals surface area contributed by atoms with Gasteiger partial charge in [0, 0.05) is 13.7 Å². The summed E-state index contributed by atoms with van der Waals surface area (Å²) < 4.78 is 23.4. The van der Waals surface area contributed by atoms with Gasteiger partial charge in [-0.05, 0) is 52.1 Å². The number of alkyl halides is 1. The van der Waals surface area contributed by atoms with Crippen LogP contribution in [0, 0.1) is 0 Å². The molecular weight excluding hydrogens is 285 g/mol. The third kappa shape index (κ3) is 8.72. The molecule has 20 heavy (non-hydrogen) atoms. The van der Waals surface area contributed by atoms with Crippen LogP contribution in [0.3, 0.4) is 0 Å². The van der Waals surface area contributed by atoms with E-state index in [4.69, 9.17) is 21.1 Å². The van der Waals surface area contributed by atoms with Gasteiger partial charge in [-0.15, -0.1) is 0 Å². The van der Waals surface area contributed by atoms with Gasteiger partial charge in [0.2, 0.25) is 0 Å². The van der Waals surface area contributed by atoms with E-state index < -0.39 is 17.6 Å². The average molecular weight is 312 g/mol. The van der Waals surface area contributed by atoms with E-state index in [2.05, 4.69) is 0 Å². The lowest BCUT2D eigenvalue weighted by molar-refractivity contribution is -0.0626. The van der Waals surface area contributed by atoms with Crippen LogP contribution in [0.5, 0.6) is 0 Å². The van der Waals surface area contributed by atoms with Crippen molar-refractivity contribution in [1.29, 1.82) is 0 Å². The lowest BCUT2D eigenvalue weighted by Gasteiger charge is -2.30. The highest BCUT2D eigenvalue weighted by molar-refractivity contribution is 6.62. The van der Waals surface area contributed by atoms with E-state index in [0.717, 1.165) is 6.42 Å². The van der Waals surface area contributed by atoms with Crippen LogP contribution in [0.1, 0.15) is 40.5 Å². The van der Waals surface area contributed by atoms with Gasteiger partial charge in [-0.25, -0.2) is 4.39 Å². The molecule has 0 rings (SSSR count). The monoisotopic (exact) mass is 311 g/mol. The van der Waals surface area contributed by atoms with Crippen LogP contribution in [0.25, 0.3) is 0 Å². The third-order valence-electron chi connectivity index (χ3n) is 3.34. The Bertz CT molecular complexity index is 298. The van der Waals surface area contributed by atoms with Crippen LogP contribution in [0.2, 0.25) is 0 Å². The first-order valence-electron chi connectivity index (χ1n) is 6.83. The summed E-state index contributed by atoms with van der Waals surface area (Å²) in [4.78, 5) is 12.4. The van der Waals surface area contributed by atoms with Gasteiger partial charge >= 0.3 is 5.37 Å². The van der Waals surface area contributed by atoms with Gasteiger partial charge in [-0.2, -0.15) is 0 Å². The van der Waals surface area contributed by atoms with Crippen molar-refractivity contribution in [2.45, 2.75) is 51.7 Å². The van der Waals surface area contributed by atoms with Crippen molar-refractivity contribution >= 4 is 17.0 Å². The summed E-state index contributed by atoms with van der Waals surface area (Å²) in [7, 11) is 1.67. The van der Waals surface area contributed by atoms with E-state index >= 15 is 0 Å². The second-order valence-corrected chi connectivity index (χ2v) is 6.32. The molecule has 0 N–H and O–H groups in total. The van der Waals surface area contributed by atoms with Gasteiger partial charge in [-0.1, -0.05) is 0 Å². The van der Waals surface area contributed by atoms with Crippen molar-refractivity contribution < 1.29 is 18.7 Å². The molecule has 0 aliphatic carbocycles. The number of ether oxygens (including phenoxy) is 2. The lowest BCUT2D eigenvalue weighted by atomic mass is 10.0. The van der Waals surface area contributed by atoms with Crippen molar-refractivity contribution in [2.24, 2.45) is 0 Å². The summed E-state index contributed by atoms with van der Waals surface area (Å²) in [6, 6.07) is 0. The zero-order valence-electron chi connectivity index (χ0n) is 13.2. The molecule has 0 atom stereocenters. The summed E-state index contributed by atoms with van der Waals surface area (Å²) in [6.07, 6.45) is 1.37. The first kappa shape index (κ1) is 19.6. The van der Waals surface area contributed by atoms with Gasteiger partial charge < -0.3 is 14.4 Å². The molecule has 0 spiro atoms. The number of hydrogen-bond acceptors (Lipinski definition) is 3. The highest BCUT2D eigenvalue weighted by atomic mass is 35.5. The van der Waals surface area contributed by atoms with Crippen molar-refractivity contribution in [3.8, 4) is 0 Å². The van der Waals surface area contributed by atoms with Gasteiger partial charge in [0.25, 0.3) is 0 Å². The molecule has 0 saturated heterocycles. The smallest absolute Gasteiger partial charge is 0.316 e. The molecule has 1 amide bonds. The molecule has 0 aromatic heterocycles. The molecule has 4 nitrogen and oxygen atoms in total. The van der Waals surface area contributed by atoms with Gasteiger partial charge in [0.05, 0.1) is 24.4 Å². The Kier molecular flexibility index (Phi) is 8.63. The number of rotatable bonds is 10. The largest absolute Gasteiger partial charge is 0.379 e. The minimum absolute atomic E-state index is 0.0229. The van der Waals surface area contributed by atoms with E-state index in [1.807, 2.05) is 27.7 Å². The second kappa shape index (κ2) is 8.80. The quantitative estimate of drug-likeness (QED) is 0.457. The number of nitrogens with zero attached hydrogens (tertiary/aromatic N) is 1. The van der Waals surface area contributed by atoms with Crippen LogP contribution in [-0.4, -0.2) is 54.9 Å². The summed E-state index contributed by atoms with van der Waals surface area (Å²) in [6.45, 7) is 8.25. The van der Waals surface area contributed by atoms with Crippen molar-refractivity contribution in [1.82, 2.24) is 4.90 Å². The number of carbonyl (C=O) groups excluding carboxylic acids is 1. The second-order valence-electron chi connectivity index (χ2n) is 6.00. The first-order chi connectivity index (χ1) is 9.13. The van der Waals surface area contributed by atoms with E-state index in [1.165, 1.54) is 4.90 Å². The third-order valence-corrected chi connectivity index (χ3v) is 3.58. The summed E-state index contributed by atoms with van der Waals surface area (Å²) in [5.74, 6) is 0. The van der Waals surface area contributed by atoms with Gasteiger partial charge in [0.15, 0.2) is 0 Å². The fourth-order valence-corrected chi connectivity index (χ4v) is 1.71. The van der Waals surface area contributed by atoms with Crippen molar-refractivity contribution in [3.63, 3.8) is 0 Å². The molecule has 0 saturated carbocycles. The predicted octanol–water partition coefficient (Wildman–Crippen LogP) is 3.62. The molecular formula is C14H27ClFNO3. The van der Waals surface area contributed by atoms with Crippen LogP contribution < -0.4 is 0 Å². The number of amides is 1. The minimum atomic E-state index is -0.626. The highest BCUT2D eigenvalue weighted by Gasteiger charge is 2.23. The molecule has 0 aliphatic heterocycles. The fraction of sp³-hybridized carbons (Fsp3) is 0.929. The summed E-state index contributed by atoms with van der Waals surface area (Å²) in [5, 5.41) is -0.626. The maximum Gasteiger partial charge on any atom is 0.316 e. The zero-order chi connectivity index (χ0) is 15.8. The maximum absolute atomic E-state index is 12.3. The Labute approximate surface area is 126 Å². The number of hydrogen-bond donors (Lipinski definition) is 0. The molecule has 0 heterocycles. The zero-order valence-corrected chi connectivity index (χ0v) is 13.9. The summed E-state index contributed by atoms with van der Waals surface area (Å²) in [5.41, 5.74) is -0.618. The first-order valence-corrected chi connectivity index (χ1v) is 7.21. The van der Waals surface area contributed by atoms with Crippen LogP contribution in [0.15, 0.2) is 0 Å². The van der Waals surface area contributed by atoms with E-state index in [9.17, 15) is 9.18 Å². The Morgan fingerprint density at radius 2 is 1.75 bits per heavy atom. The van der Waals surface area contributed by atoms with E-state index in [0.29, 0.717) is 19.6 Å². The Hall–Kier alpha value is -0.390. The van der Waals surface area contributed by atoms with Crippen LogP contribution in [-0.2, 0) is 9.47 Å². The van der Waals surface area contributed by atoms with Gasteiger partial charge in [0.1, 0.15) is 6.67 Å². The minimum Gasteiger partial charge on any atom is -0.379 e. The molecule has 0 unspecified atom stereocenters. The van der Waals surface area contributed by atoms with Crippen molar-refractivity contribution in [2.75, 3.05) is 33.5 Å². The van der Waals surface area contributed by atoms with E-state index in [1.54, 1.807) is 7.11 Å². The topological polar surface area (TPSA) is 38.8 Å². The molecule has 0 bridgehead atoms. The standard InChI is InChI=1S/C14H27ClFNO3/c1-13(2,19-5)7-11-20-14(3,4)6-9-17(10-8-16)12(15)18/h6-11H2,1-5H3. The maximum atomic E-state index is 12.3. The molecule has 0 aromatic carbocycles. The Morgan fingerprint density at radius 3 is 2.20 bits per heavy atom. The molecule has 120 valence electrons. The number of methoxy groups -OCH3 is 1. The fourth-order valence-electron chi connectivity index (χ4n) is 1.54. The number of carbonyl (C=O) groups is 1. The molecule has 0 aliphatic rings. The average Bonchev–Trinajstić information content (AvgIpc) is 2.33. The molecule has 0 aromatic rings. The molecule has 0 radical (unpaired) electrons. The van der Waals surface area contributed by atoms with E-state index in [-0.39, 0.29) is 12.1 Å². The molecule has 6 heteroatoms. The highest BCUT2D eigenvalue weighted by Crippen LogP contribution is 2.19. The van der Waals surface area contributed by atoms with Crippen LogP contribution >= 0.6 is 11.6 Å². The van der Waals surface area contributed by atoms with Gasteiger partial charge in [-0.3, -0.25) is 4.79 Å². The normalized spacial score (nSPS) is 12.6. The Morgan fingerprint density at radius 1 is 1.15 bits per heavy atom. The SMILES string of the molecule is COC(C)(C)CCOC(C)(C)CCN(CCF)C(=O)Cl. The predicted molar refractivity (Wildman–Crippen MR) is 79.2 cm³/mol.